The number of hydrogen-bond donors (Lipinski definition) is 1. The molecule has 18 heavy (non-hydrogen) atoms. The van der Waals surface area contributed by atoms with Crippen LogP contribution in [0.1, 0.15) is 63.5 Å². The van der Waals surface area contributed by atoms with Crippen LogP contribution in [0.3, 0.4) is 0 Å². The van der Waals surface area contributed by atoms with E-state index in [4.69, 9.17) is 4.74 Å². The van der Waals surface area contributed by atoms with Crippen LogP contribution in [0.2, 0.25) is 0 Å². The lowest BCUT2D eigenvalue weighted by Crippen LogP contribution is -2.16. The summed E-state index contributed by atoms with van der Waals surface area (Å²) >= 11 is 0. The quantitative estimate of drug-likeness (QED) is 0.808. The van der Waals surface area contributed by atoms with Crippen LogP contribution in [0.5, 0.6) is 5.75 Å². The SMILES string of the molecule is CC[C@@H](O)c1ccccc1OC1CCCCCC1. The second kappa shape index (κ2) is 6.79. The predicted molar refractivity (Wildman–Crippen MR) is 73.8 cm³/mol. The van der Waals surface area contributed by atoms with E-state index < -0.39 is 6.10 Å². The Hall–Kier alpha value is -1.02. The zero-order valence-electron chi connectivity index (χ0n) is 11.3. The Morgan fingerprint density at radius 3 is 2.50 bits per heavy atom. The van der Waals surface area contributed by atoms with Gasteiger partial charge in [0, 0.05) is 5.56 Å². The molecule has 0 bridgehead atoms. The normalized spacial score (nSPS) is 19.2. The third kappa shape index (κ3) is 3.49. The summed E-state index contributed by atoms with van der Waals surface area (Å²) in [6, 6.07) is 7.91. The highest BCUT2D eigenvalue weighted by atomic mass is 16.5. The Balaban J connectivity index is 2.07. The monoisotopic (exact) mass is 248 g/mol. The van der Waals surface area contributed by atoms with E-state index in [1.807, 2.05) is 31.2 Å². The molecule has 0 heterocycles. The molecule has 100 valence electrons. The lowest BCUT2D eigenvalue weighted by atomic mass is 10.1. The van der Waals surface area contributed by atoms with Gasteiger partial charge in [0.25, 0.3) is 0 Å². The molecular weight excluding hydrogens is 224 g/mol. The van der Waals surface area contributed by atoms with Crippen molar-refractivity contribution >= 4 is 0 Å². The van der Waals surface area contributed by atoms with Gasteiger partial charge in [-0.15, -0.1) is 0 Å². The van der Waals surface area contributed by atoms with Crippen molar-refractivity contribution in [1.29, 1.82) is 0 Å². The summed E-state index contributed by atoms with van der Waals surface area (Å²) in [5.41, 5.74) is 0.934. The van der Waals surface area contributed by atoms with Crippen LogP contribution < -0.4 is 4.74 Å². The maximum atomic E-state index is 10.0. The number of aliphatic hydroxyl groups is 1. The van der Waals surface area contributed by atoms with Crippen molar-refractivity contribution < 1.29 is 9.84 Å². The number of hydrogen-bond acceptors (Lipinski definition) is 2. The van der Waals surface area contributed by atoms with E-state index in [9.17, 15) is 5.11 Å². The Bertz CT molecular complexity index is 354. The van der Waals surface area contributed by atoms with Gasteiger partial charge in [-0.1, -0.05) is 38.0 Å². The standard InChI is InChI=1S/C16H24O2/c1-2-15(17)14-11-7-8-12-16(14)18-13-9-5-3-4-6-10-13/h7-8,11-13,15,17H,2-6,9-10H2,1H3/t15-/m1/s1. The molecule has 1 aliphatic carbocycles. The molecule has 2 rings (SSSR count). The summed E-state index contributed by atoms with van der Waals surface area (Å²) < 4.78 is 6.13. The van der Waals surface area contributed by atoms with E-state index in [0.29, 0.717) is 6.10 Å². The van der Waals surface area contributed by atoms with E-state index in [2.05, 4.69) is 0 Å². The van der Waals surface area contributed by atoms with Crippen LogP contribution in [0.4, 0.5) is 0 Å². The molecule has 1 N–H and O–H groups in total. The first-order chi connectivity index (χ1) is 8.81. The number of rotatable bonds is 4. The highest BCUT2D eigenvalue weighted by Gasteiger charge is 2.17. The molecule has 1 aliphatic rings. The van der Waals surface area contributed by atoms with Gasteiger partial charge < -0.3 is 9.84 Å². The lowest BCUT2D eigenvalue weighted by Gasteiger charge is -2.21. The Morgan fingerprint density at radius 2 is 1.83 bits per heavy atom. The Morgan fingerprint density at radius 1 is 1.17 bits per heavy atom. The van der Waals surface area contributed by atoms with Gasteiger partial charge in [-0.05, 0) is 38.2 Å². The smallest absolute Gasteiger partial charge is 0.125 e. The van der Waals surface area contributed by atoms with Crippen LogP contribution in [-0.2, 0) is 0 Å². The van der Waals surface area contributed by atoms with Gasteiger partial charge in [0.1, 0.15) is 5.75 Å². The van der Waals surface area contributed by atoms with Gasteiger partial charge in [0.15, 0.2) is 0 Å². The van der Waals surface area contributed by atoms with Gasteiger partial charge in [-0.25, -0.2) is 0 Å². The molecule has 0 aromatic heterocycles. The molecule has 1 atom stereocenters. The summed E-state index contributed by atoms with van der Waals surface area (Å²) in [4.78, 5) is 0. The van der Waals surface area contributed by atoms with Gasteiger partial charge in [0.05, 0.1) is 12.2 Å². The van der Waals surface area contributed by atoms with Crippen molar-refractivity contribution in [3.63, 3.8) is 0 Å². The zero-order chi connectivity index (χ0) is 12.8. The van der Waals surface area contributed by atoms with Crippen LogP contribution in [0.25, 0.3) is 0 Å². The van der Waals surface area contributed by atoms with Crippen molar-refractivity contribution in [2.75, 3.05) is 0 Å². The fraction of sp³-hybridized carbons (Fsp3) is 0.625. The second-order valence-corrected chi connectivity index (χ2v) is 5.19. The second-order valence-electron chi connectivity index (χ2n) is 5.19. The highest BCUT2D eigenvalue weighted by molar-refractivity contribution is 5.35. The third-order valence-corrected chi connectivity index (χ3v) is 3.76. The predicted octanol–water partition coefficient (Wildman–Crippen LogP) is 4.23. The molecule has 2 nitrogen and oxygen atoms in total. The first kappa shape index (κ1) is 13.4. The van der Waals surface area contributed by atoms with Gasteiger partial charge in [-0.2, -0.15) is 0 Å². The molecule has 1 aromatic carbocycles. The minimum absolute atomic E-state index is 0.331. The summed E-state index contributed by atoms with van der Waals surface area (Å²) in [6.07, 6.45) is 8.15. The lowest BCUT2D eigenvalue weighted by molar-refractivity contribution is 0.149. The van der Waals surface area contributed by atoms with Crippen LogP contribution in [0.15, 0.2) is 24.3 Å². The fourth-order valence-electron chi connectivity index (χ4n) is 2.62. The average Bonchev–Trinajstić information content (AvgIpc) is 2.67. The van der Waals surface area contributed by atoms with E-state index in [0.717, 1.165) is 30.6 Å². The maximum absolute atomic E-state index is 10.0. The molecule has 0 saturated heterocycles. The van der Waals surface area contributed by atoms with E-state index in [1.165, 1.54) is 25.7 Å². The van der Waals surface area contributed by atoms with E-state index in [-0.39, 0.29) is 0 Å². The van der Waals surface area contributed by atoms with Crippen molar-refractivity contribution in [3.05, 3.63) is 29.8 Å². The van der Waals surface area contributed by atoms with Crippen LogP contribution in [0, 0.1) is 0 Å². The average molecular weight is 248 g/mol. The first-order valence-corrected chi connectivity index (χ1v) is 7.25. The molecule has 1 saturated carbocycles. The molecule has 0 radical (unpaired) electrons. The number of aliphatic hydroxyl groups excluding tert-OH is 1. The van der Waals surface area contributed by atoms with Crippen molar-refractivity contribution in [3.8, 4) is 5.75 Å². The minimum Gasteiger partial charge on any atom is -0.490 e. The Labute approximate surface area is 110 Å². The minimum atomic E-state index is -0.410. The molecule has 0 amide bonds. The number of ether oxygens (including phenoxy) is 1. The molecule has 1 fully saturated rings. The molecule has 0 aliphatic heterocycles. The van der Waals surface area contributed by atoms with Gasteiger partial charge in [-0.3, -0.25) is 0 Å². The summed E-state index contributed by atoms with van der Waals surface area (Å²) in [6.45, 7) is 1.99. The topological polar surface area (TPSA) is 29.5 Å². The van der Waals surface area contributed by atoms with Crippen molar-refractivity contribution in [2.24, 2.45) is 0 Å². The van der Waals surface area contributed by atoms with E-state index >= 15 is 0 Å². The third-order valence-electron chi connectivity index (χ3n) is 3.76. The molecule has 1 aromatic rings. The molecule has 2 heteroatoms. The van der Waals surface area contributed by atoms with Crippen LogP contribution in [-0.4, -0.2) is 11.2 Å². The largest absolute Gasteiger partial charge is 0.490 e. The summed E-state index contributed by atoms with van der Waals surface area (Å²) in [7, 11) is 0. The first-order valence-electron chi connectivity index (χ1n) is 7.25. The van der Waals surface area contributed by atoms with Crippen molar-refractivity contribution in [2.45, 2.75) is 64.1 Å². The Kier molecular flexibility index (Phi) is 5.06. The fourth-order valence-corrected chi connectivity index (χ4v) is 2.62. The molecule has 0 unspecified atom stereocenters. The van der Waals surface area contributed by atoms with Crippen molar-refractivity contribution in [1.82, 2.24) is 0 Å². The highest BCUT2D eigenvalue weighted by Crippen LogP contribution is 2.30. The van der Waals surface area contributed by atoms with Gasteiger partial charge >= 0.3 is 0 Å². The number of para-hydroxylation sites is 1. The van der Waals surface area contributed by atoms with Gasteiger partial charge in [0.2, 0.25) is 0 Å². The zero-order valence-corrected chi connectivity index (χ0v) is 11.3. The number of benzene rings is 1. The summed E-state index contributed by atoms with van der Waals surface area (Å²) in [5, 5.41) is 10.0. The van der Waals surface area contributed by atoms with E-state index in [1.54, 1.807) is 0 Å². The summed E-state index contributed by atoms with van der Waals surface area (Å²) in [5.74, 6) is 0.874. The maximum Gasteiger partial charge on any atom is 0.125 e. The molecule has 0 spiro atoms. The molecular formula is C16H24O2. The van der Waals surface area contributed by atoms with Crippen LogP contribution >= 0.6 is 0 Å².